The van der Waals surface area contributed by atoms with E-state index in [1.807, 2.05) is 0 Å². The van der Waals surface area contributed by atoms with Crippen LogP contribution in [0.3, 0.4) is 0 Å². The number of hydrogen-bond donors (Lipinski definition) is 1. The normalized spacial score (nSPS) is 15.9. The zero-order valence-corrected chi connectivity index (χ0v) is 10.1. The molecule has 88 valence electrons. The van der Waals surface area contributed by atoms with Gasteiger partial charge in [0, 0.05) is 13.1 Å². The van der Waals surface area contributed by atoms with Gasteiger partial charge in [-0.1, -0.05) is 6.42 Å². The molecule has 0 aromatic carbocycles. The monoisotopic (exact) mass is 241 g/mol. The van der Waals surface area contributed by atoms with Crippen LogP contribution in [0.5, 0.6) is 0 Å². The first kappa shape index (κ1) is 11.4. The van der Waals surface area contributed by atoms with Crippen molar-refractivity contribution in [2.75, 3.05) is 23.7 Å². The van der Waals surface area contributed by atoms with Crippen LogP contribution in [0.1, 0.15) is 26.2 Å². The molecule has 6 heteroatoms. The van der Waals surface area contributed by atoms with Gasteiger partial charge in [-0.3, -0.25) is 0 Å². The molecule has 2 rings (SSSR count). The maximum atomic E-state index is 5.77. The third-order valence-electron chi connectivity index (χ3n) is 2.98. The lowest BCUT2D eigenvalue weighted by molar-refractivity contribution is 0.317. The Hall–Kier alpha value is -1.10. The van der Waals surface area contributed by atoms with Crippen LogP contribution in [-0.4, -0.2) is 28.0 Å². The van der Waals surface area contributed by atoms with E-state index >= 15 is 0 Å². The van der Waals surface area contributed by atoms with Gasteiger partial charge in [0.2, 0.25) is 17.2 Å². The summed E-state index contributed by atoms with van der Waals surface area (Å²) < 4.78 is 0. The average Bonchev–Trinajstić information content (AvgIpc) is 2.14. The maximum Gasteiger partial charge on any atom is 0.231 e. The number of nitrogen functional groups attached to an aromatic ring is 1. The summed E-state index contributed by atoms with van der Waals surface area (Å²) >= 11 is 5.77. The molecule has 1 aliphatic carbocycles. The van der Waals surface area contributed by atoms with Gasteiger partial charge in [0.15, 0.2) is 0 Å². The first-order chi connectivity index (χ1) is 7.69. The number of aromatic nitrogens is 3. The summed E-state index contributed by atoms with van der Waals surface area (Å²) in [5.41, 5.74) is 5.56. The molecule has 0 atom stereocenters. The van der Waals surface area contributed by atoms with Gasteiger partial charge in [0.1, 0.15) is 0 Å². The molecule has 5 nitrogen and oxygen atoms in total. The van der Waals surface area contributed by atoms with Crippen molar-refractivity contribution in [2.24, 2.45) is 5.92 Å². The summed E-state index contributed by atoms with van der Waals surface area (Å²) in [6.07, 6.45) is 3.93. The summed E-state index contributed by atoms with van der Waals surface area (Å²) in [6, 6.07) is 0. The van der Waals surface area contributed by atoms with Gasteiger partial charge < -0.3 is 10.6 Å². The fourth-order valence-electron chi connectivity index (χ4n) is 1.84. The lowest BCUT2D eigenvalue weighted by Gasteiger charge is -2.31. The number of anilines is 2. The van der Waals surface area contributed by atoms with Crippen molar-refractivity contribution < 1.29 is 0 Å². The maximum absolute atomic E-state index is 5.77. The molecule has 2 N–H and O–H groups in total. The molecule has 0 amide bonds. The van der Waals surface area contributed by atoms with Gasteiger partial charge in [-0.25, -0.2) is 0 Å². The Morgan fingerprint density at radius 3 is 2.62 bits per heavy atom. The number of hydrogen-bond acceptors (Lipinski definition) is 5. The summed E-state index contributed by atoms with van der Waals surface area (Å²) in [7, 11) is 0. The highest BCUT2D eigenvalue weighted by Gasteiger charge is 2.21. The fraction of sp³-hybridized carbons (Fsp3) is 0.700. The Bertz CT molecular complexity index is 346. The second-order valence-corrected chi connectivity index (χ2v) is 4.44. The van der Waals surface area contributed by atoms with E-state index in [0.29, 0.717) is 5.95 Å². The smallest absolute Gasteiger partial charge is 0.231 e. The molecule has 1 aliphatic rings. The molecule has 1 aromatic rings. The minimum atomic E-state index is 0.162. The third-order valence-corrected chi connectivity index (χ3v) is 3.15. The molecule has 1 saturated carbocycles. The van der Waals surface area contributed by atoms with E-state index in [4.69, 9.17) is 17.3 Å². The lowest BCUT2D eigenvalue weighted by atomic mass is 9.85. The van der Waals surface area contributed by atoms with Crippen molar-refractivity contribution in [1.82, 2.24) is 15.0 Å². The van der Waals surface area contributed by atoms with Crippen LogP contribution in [-0.2, 0) is 0 Å². The standard InChI is InChI=1S/C10H16ClN5/c1-2-16(6-7-4-3-5-7)10-14-8(11)13-9(12)15-10/h7H,2-6H2,1H3,(H2,12,13,14,15). The van der Waals surface area contributed by atoms with Crippen molar-refractivity contribution in [2.45, 2.75) is 26.2 Å². The molecular formula is C10H16ClN5. The second-order valence-electron chi connectivity index (χ2n) is 4.10. The van der Waals surface area contributed by atoms with Crippen LogP contribution in [0, 0.1) is 5.92 Å². The second kappa shape index (κ2) is 4.82. The van der Waals surface area contributed by atoms with Crippen LogP contribution < -0.4 is 10.6 Å². The van der Waals surface area contributed by atoms with E-state index in [1.54, 1.807) is 0 Å². The van der Waals surface area contributed by atoms with E-state index in [1.165, 1.54) is 19.3 Å². The van der Waals surface area contributed by atoms with Crippen LogP contribution in [0.25, 0.3) is 0 Å². The first-order valence-electron chi connectivity index (χ1n) is 5.61. The number of nitrogens with zero attached hydrogens (tertiary/aromatic N) is 4. The predicted octanol–water partition coefficient (Wildman–Crippen LogP) is 1.73. The molecule has 16 heavy (non-hydrogen) atoms. The zero-order chi connectivity index (χ0) is 11.5. The Morgan fingerprint density at radius 1 is 1.38 bits per heavy atom. The van der Waals surface area contributed by atoms with E-state index < -0.39 is 0 Å². The van der Waals surface area contributed by atoms with E-state index in [2.05, 4.69) is 26.8 Å². The minimum Gasteiger partial charge on any atom is -0.368 e. The highest BCUT2D eigenvalue weighted by molar-refractivity contribution is 6.28. The topological polar surface area (TPSA) is 67.9 Å². The van der Waals surface area contributed by atoms with E-state index in [-0.39, 0.29) is 11.2 Å². The average molecular weight is 242 g/mol. The predicted molar refractivity (Wildman–Crippen MR) is 64.5 cm³/mol. The Balaban J connectivity index is 2.11. The SMILES string of the molecule is CCN(CC1CCC1)c1nc(N)nc(Cl)n1. The molecule has 0 radical (unpaired) electrons. The molecule has 0 unspecified atom stereocenters. The third kappa shape index (κ3) is 2.52. The minimum absolute atomic E-state index is 0.162. The molecule has 1 fully saturated rings. The number of nitrogens with two attached hydrogens (primary N) is 1. The molecule has 0 saturated heterocycles. The highest BCUT2D eigenvalue weighted by Crippen LogP contribution is 2.28. The molecule has 1 heterocycles. The van der Waals surface area contributed by atoms with Crippen molar-refractivity contribution in [3.63, 3.8) is 0 Å². The zero-order valence-electron chi connectivity index (χ0n) is 9.36. The van der Waals surface area contributed by atoms with Gasteiger partial charge in [0.25, 0.3) is 0 Å². The van der Waals surface area contributed by atoms with Crippen molar-refractivity contribution >= 4 is 23.5 Å². The van der Waals surface area contributed by atoms with Crippen LogP contribution >= 0.6 is 11.6 Å². The largest absolute Gasteiger partial charge is 0.368 e. The van der Waals surface area contributed by atoms with Crippen molar-refractivity contribution in [3.05, 3.63) is 5.28 Å². The molecule has 0 bridgehead atoms. The lowest BCUT2D eigenvalue weighted by Crippen LogP contribution is -2.33. The van der Waals surface area contributed by atoms with Crippen molar-refractivity contribution in [1.29, 1.82) is 0 Å². The van der Waals surface area contributed by atoms with Gasteiger partial charge in [-0.15, -0.1) is 0 Å². The molecular weight excluding hydrogens is 226 g/mol. The summed E-state index contributed by atoms with van der Waals surface area (Å²) in [6.45, 7) is 3.92. The summed E-state index contributed by atoms with van der Waals surface area (Å²) in [4.78, 5) is 14.1. The van der Waals surface area contributed by atoms with Gasteiger partial charge >= 0.3 is 0 Å². The Labute approximate surface area is 100 Å². The highest BCUT2D eigenvalue weighted by atomic mass is 35.5. The van der Waals surface area contributed by atoms with Gasteiger partial charge in [-0.05, 0) is 37.3 Å². The quantitative estimate of drug-likeness (QED) is 0.870. The van der Waals surface area contributed by atoms with Gasteiger partial charge in [-0.2, -0.15) is 15.0 Å². The Morgan fingerprint density at radius 2 is 2.12 bits per heavy atom. The first-order valence-corrected chi connectivity index (χ1v) is 5.99. The summed E-state index contributed by atoms with van der Waals surface area (Å²) in [5, 5.41) is 0.162. The van der Waals surface area contributed by atoms with Crippen molar-refractivity contribution in [3.8, 4) is 0 Å². The van der Waals surface area contributed by atoms with Crippen LogP contribution in [0.2, 0.25) is 5.28 Å². The fourth-order valence-corrected chi connectivity index (χ4v) is 2.00. The van der Waals surface area contributed by atoms with E-state index in [9.17, 15) is 0 Å². The van der Waals surface area contributed by atoms with Crippen LogP contribution in [0.4, 0.5) is 11.9 Å². The molecule has 0 spiro atoms. The number of halogens is 1. The molecule has 1 aromatic heterocycles. The van der Waals surface area contributed by atoms with Crippen LogP contribution in [0.15, 0.2) is 0 Å². The number of rotatable bonds is 4. The molecule has 0 aliphatic heterocycles. The van der Waals surface area contributed by atoms with Gasteiger partial charge in [0.05, 0.1) is 0 Å². The Kier molecular flexibility index (Phi) is 3.43. The van der Waals surface area contributed by atoms with E-state index in [0.717, 1.165) is 19.0 Å². The summed E-state index contributed by atoms with van der Waals surface area (Å²) in [5.74, 6) is 1.53.